The van der Waals surface area contributed by atoms with E-state index in [9.17, 15) is 14.0 Å². The highest BCUT2D eigenvalue weighted by atomic mass is 19.1. The smallest absolute Gasteiger partial charge is 0.289 e. The van der Waals surface area contributed by atoms with Gasteiger partial charge < -0.3 is 4.90 Å². The highest BCUT2D eigenvalue weighted by Gasteiger charge is 2.30. The molecule has 1 aliphatic rings. The van der Waals surface area contributed by atoms with Gasteiger partial charge in [0.2, 0.25) is 5.78 Å². The summed E-state index contributed by atoms with van der Waals surface area (Å²) in [6, 6.07) is 6.30. The normalized spacial score (nSPS) is 17.5. The lowest BCUT2D eigenvalue weighted by atomic mass is 9.90. The number of aromatic amines is 1. The molecule has 0 aliphatic carbocycles. The van der Waals surface area contributed by atoms with E-state index in [2.05, 4.69) is 10.2 Å². The van der Waals surface area contributed by atoms with E-state index in [4.69, 9.17) is 0 Å². The molecule has 26 heavy (non-hydrogen) atoms. The second-order valence-corrected chi connectivity index (χ2v) is 7.32. The molecular weight excluding hydrogens is 333 g/mol. The molecule has 1 aromatic carbocycles. The fourth-order valence-corrected chi connectivity index (χ4v) is 3.50. The molecule has 1 atom stereocenters. The number of hydrogen-bond donors (Lipinski definition) is 1. The number of carbonyl (C=O) groups excluding carboxylic acids is 2. The van der Waals surface area contributed by atoms with Crippen molar-refractivity contribution in [2.75, 3.05) is 13.1 Å². The van der Waals surface area contributed by atoms with Crippen LogP contribution in [0.15, 0.2) is 30.5 Å². The topological polar surface area (TPSA) is 66.1 Å². The Hall–Kier alpha value is -2.50. The standard InChI is InChI=1S/C20H24FN3O2/c1-13(2)10-18(25)20(26)24-9-3-4-15(12-24)19-17(11-22-23-19)14-5-7-16(21)8-6-14/h5-8,11,13,15H,3-4,9-10,12H2,1-2H3,(H,22,23)/t15-/m0/s1. The number of aromatic nitrogens is 2. The number of H-pyrrole nitrogens is 1. The van der Waals surface area contributed by atoms with Gasteiger partial charge in [-0.3, -0.25) is 14.7 Å². The van der Waals surface area contributed by atoms with E-state index in [0.717, 1.165) is 29.7 Å². The number of nitrogens with one attached hydrogen (secondary N) is 1. The van der Waals surface area contributed by atoms with Gasteiger partial charge in [0.25, 0.3) is 5.91 Å². The van der Waals surface area contributed by atoms with Crippen LogP contribution >= 0.6 is 0 Å². The summed E-state index contributed by atoms with van der Waals surface area (Å²) >= 11 is 0. The fraction of sp³-hybridized carbons (Fsp3) is 0.450. The van der Waals surface area contributed by atoms with Gasteiger partial charge in [0.05, 0.1) is 6.20 Å². The molecule has 0 bridgehead atoms. The molecule has 0 spiro atoms. The molecule has 2 heterocycles. The number of benzene rings is 1. The van der Waals surface area contributed by atoms with Crippen molar-refractivity contribution in [1.29, 1.82) is 0 Å². The van der Waals surface area contributed by atoms with Crippen LogP contribution in [0, 0.1) is 11.7 Å². The Balaban J connectivity index is 1.76. The zero-order chi connectivity index (χ0) is 18.7. The maximum atomic E-state index is 13.2. The Morgan fingerprint density at radius 3 is 2.73 bits per heavy atom. The summed E-state index contributed by atoms with van der Waals surface area (Å²) in [5, 5.41) is 7.19. The molecule has 1 amide bonds. The van der Waals surface area contributed by atoms with E-state index in [-0.39, 0.29) is 35.8 Å². The van der Waals surface area contributed by atoms with Gasteiger partial charge in [-0.05, 0) is 36.5 Å². The molecular formula is C20H24FN3O2. The van der Waals surface area contributed by atoms with Crippen molar-refractivity contribution in [3.05, 3.63) is 42.0 Å². The molecule has 138 valence electrons. The zero-order valence-corrected chi connectivity index (χ0v) is 15.2. The van der Waals surface area contributed by atoms with E-state index in [1.54, 1.807) is 23.2 Å². The van der Waals surface area contributed by atoms with Crippen LogP contribution < -0.4 is 0 Å². The molecule has 3 rings (SSSR count). The predicted molar refractivity (Wildman–Crippen MR) is 97.0 cm³/mol. The minimum Gasteiger partial charge on any atom is -0.335 e. The average molecular weight is 357 g/mol. The monoisotopic (exact) mass is 357 g/mol. The Labute approximate surface area is 152 Å². The minimum atomic E-state index is -0.383. The van der Waals surface area contributed by atoms with E-state index < -0.39 is 0 Å². The predicted octanol–water partition coefficient (Wildman–Crippen LogP) is 3.54. The Kier molecular flexibility index (Phi) is 5.49. The lowest BCUT2D eigenvalue weighted by molar-refractivity contribution is -0.145. The van der Waals surface area contributed by atoms with Crippen molar-refractivity contribution in [2.24, 2.45) is 5.92 Å². The molecule has 0 unspecified atom stereocenters. The summed E-state index contributed by atoms with van der Waals surface area (Å²) in [7, 11) is 0. The number of Topliss-reactive ketones (excluding diaryl/α,β-unsaturated/α-hetero) is 1. The number of nitrogens with zero attached hydrogens (tertiary/aromatic N) is 2. The number of halogens is 1. The summed E-state index contributed by atoms with van der Waals surface area (Å²) in [6.07, 6.45) is 3.77. The Morgan fingerprint density at radius 1 is 1.31 bits per heavy atom. The quantitative estimate of drug-likeness (QED) is 0.833. The van der Waals surface area contributed by atoms with Crippen LogP contribution in [0.4, 0.5) is 4.39 Å². The molecule has 1 saturated heterocycles. The second-order valence-electron chi connectivity index (χ2n) is 7.32. The molecule has 2 aromatic rings. The molecule has 1 aromatic heterocycles. The zero-order valence-electron chi connectivity index (χ0n) is 15.2. The van der Waals surface area contributed by atoms with Crippen LogP contribution in [0.5, 0.6) is 0 Å². The molecule has 0 radical (unpaired) electrons. The van der Waals surface area contributed by atoms with Gasteiger partial charge in [-0.25, -0.2) is 4.39 Å². The number of ketones is 1. The van der Waals surface area contributed by atoms with Crippen molar-refractivity contribution in [3.63, 3.8) is 0 Å². The number of hydrogen-bond acceptors (Lipinski definition) is 3. The van der Waals surface area contributed by atoms with Crippen LogP contribution in [-0.2, 0) is 9.59 Å². The van der Waals surface area contributed by atoms with Gasteiger partial charge in [-0.2, -0.15) is 5.10 Å². The van der Waals surface area contributed by atoms with Gasteiger partial charge in [-0.1, -0.05) is 26.0 Å². The minimum absolute atomic E-state index is 0.0853. The van der Waals surface area contributed by atoms with Gasteiger partial charge in [0, 0.05) is 36.7 Å². The van der Waals surface area contributed by atoms with Crippen LogP contribution in [0.25, 0.3) is 11.1 Å². The summed E-state index contributed by atoms with van der Waals surface area (Å²) < 4.78 is 13.2. The molecule has 6 heteroatoms. The molecule has 5 nitrogen and oxygen atoms in total. The molecule has 0 saturated carbocycles. The summed E-state index contributed by atoms with van der Waals surface area (Å²) in [5.74, 6) is -0.723. The second kappa shape index (κ2) is 7.81. The van der Waals surface area contributed by atoms with Crippen molar-refractivity contribution in [2.45, 2.75) is 39.0 Å². The molecule has 1 fully saturated rings. The summed E-state index contributed by atoms with van der Waals surface area (Å²) in [5.41, 5.74) is 2.73. The number of likely N-dealkylation sites (tertiary alicyclic amines) is 1. The third-order valence-corrected chi connectivity index (χ3v) is 4.77. The SMILES string of the molecule is CC(C)CC(=O)C(=O)N1CCC[C@H](c2[nH]ncc2-c2ccc(F)cc2)C1. The Bertz CT molecular complexity index is 783. The van der Waals surface area contributed by atoms with Gasteiger partial charge in [0.15, 0.2) is 0 Å². The van der Waals surface area contributed by atoms with Crippen molar-refractivity contribution >= 4 is 11.7 Å². The van der Waals surface area contributed by atoms with Crippen LogP contribution in [0.1, 0.15) is 44.7 Å². The maximum absolute atomic E-state index is 13.2. The number of carbonyl (C=O) groups is 2. The third-order valence-electron chi connectivity index (χ3n) is 4.77. The highest BCUT2D eigenvalue weighted by Crippen LogP contribution is 2.33. The van der Waals surface area contributed by atoms with Gasteiger partial charge in [-0.15, -0.1) is 0 Å². The van der Waals surface area contributed by atoms with Crippen LogP contribution in [0.2, 0.25) is 0 Å². The van der Waals surface area contributed by atoms with Crippen molar-refractivity contribution < 1.29 is 14.0 Å². The van der Waals surface area contributed by atoms with E-state index >= 15 is 0 Å². The Morgan fingerprint density at radius 2 is 2.04 bits per heavy atom. The first-order valence-corrected chi connectivity index (χ1v) is 9.07. The summed E-state index contributed by atoms with van der Waals surface area (Å²) in [6.45, 7) is 4.98. The van der Waals surface area contributed by atoms with Gasteiger partial charge >= 0.3 is 0 Å². The molecule has 1 aliphatic heterocycles. The summed E-state index contributed by atoms with van der Waals surface area (Å²) in [4.78, 5) is 26.2. The first kappa shape index (κ1) is 18.3. The van der Waals surface area contributed by atoms with Gasteiger partial charge in [0.1, 0.15) is 5.82 Å². The lowest BCUT2D eigenvalue weighted by Crippen LogP contribution is -2.43. The van der Waals surface area contributed by atoms with Crippen molar-refractivity contribution in [1.82, 2.24) is 15.1 Å². The molecule has 1 N–H and O–H groups in total. The van der Waals surface area contributed by atoms with E-state index in [0.29, 0.717) is 13.1 Å². The largest absolute Gasteiger partial charge is 0.335 e. The lowest BCUT2D eigenvalue weighted by Gasteiger charge is -2.32. The highest BCUT2D eigenvalue weighted by molar-refractivity contribution is 6.36. The van der Waals surface area contributed by atoms with Crippen LogP contribution in [-0.4, -0.2) is 39.9 Å². The number of amides is 1. The number of piperidine rings is 1. The average Bonchev–Trinajstić information content (AvgIpc) is 3.11. The van der Waals surface area contributed by atoms with E-state index in [1.807, 2.05) is 13.8 Å². The first-order valence-electron chi connectivity index (χ1n) is 9.07. The van der Waals surface area contributed by atoms with Crippen LogP contribution in [0.3, 0.4) is 0 Å². The fourth-order valence-electron chi connectivity index (χ4n) is 3.50. The van der Waals surface area contributed by atoms with Crippen molar-refractivity contribution in [3.8, 4) is 11.1 Å². The number of rotatable bonds is 5. The maximum Gasteiger partial charge on any atom is 0.289 e. The first-order chi connectivity index (χ1) is 12.5. The van der Waals surface area contributed by atoms with E-state index in [1.165, 1.54) is 12.1 Å². The third kappa shape index (κ3) is 4.00.